The lowest BCUT2D eigenvalue weighted by Crippen LogP contribution is -2.60. The van der Waals surface area contributed by atoms with Crippen LogP contribution < -0.4 is 76.1 Å². The summed E-state index contributed by atoms with van der Waals surface area (Å²) in [6, 6.07) is 8.71. The van der Waals surface area contributed by atoms with Crippen molar-refractivity contribution in [2.24, 2.45) is 22.9 Å². The molecule has 29 heteroatoms. The number of guanidine groups is 2. The standard InChI is InChI=1S/C52H71N17O10S2/c1-27-44(73)64-37(17-18-42(53)71)47(76)66-38(22-29-15-16-30-9-3-4-10-31(30)21-29)48(77)65-36(14-8-20-60-52(57)58)46(75)67-39(23-32-24-61-34-12-6-5-11-33(32)34)49(78)68-40(43(54)72)25-80-81-26-41(50(79)62-27)69-45(74)35(63-28(2)70)13-7-19-59-51(55)56/h3-6,9-12,15-16,21,24,27,35-41,61H,7-8,13-14,17-20,22-23,25-26H2,1-2H3,(H2,53,71)(H2,54,72)(H,62,79)(H,63,70)(H,64,73)(H,65,77)(H,66,76)(H,67,75)(H,68,78)(H,69,74)(H4,55,56,59)(H4,57,58,60)/t27-,35+,36+,37+,38-,39+,40+,41+/m1/s1. The number of aromatic amines is 1. The lowest BCUT2D eigenvalue weighted by Gasteiger charge is -2.27. The maximum absolute atomic E-state index is 14.8. The highest BCUT2D eigenvalue weighted by molar-refractivity contribution is 8.76. The van der Waals surface area contributed by atoms with Gasteiger partial charge >= 0.3 is 0 Å². The van der Waals surface area contributed by atoms with E-state index < -0.39 is 114 Å². The molecule has 1 aliphatic heterocycles. The van der Waals surface area contributed by atoms with Crippen LogP contribution in [0.4, 0.5) is 0 Å². The van der Waals surface area contributed by atoms with Crippen molar-refractivity contribution in [3.8, 4) is 0 Å². The quantitative estimate of drug-likeness (QED) is 0.0203. The van der Waals surface area contributed by atoms with Gasteiger partial charge in [0.25, 0.3) is 0 Å². The van der Waals surface area contributed by atoms with Crippen molar-refractivity contribution >= 4 is 114 Å². The molecule has 1 aliphatic rings. The summed E-state index contributed by atoms with van der Waals surface area (Å²) in [4.78, 5) is 141. The number of nitrogens with two attached hydrogens (primary N) is 4. The van der Waals surface area contributed by atoms with E-state index in [4.69, 9.17) is 33.8 Å². The first kappa shape index (κ1) is 63.2. The zero-order chi connectivity index (χ0) is 59.2. The number of hydrogen-bond donors (Lipinski definition) is 17. The van der Waals surface area contributed by atoms with Gasteiger partial charge in [-0.3, -0.25) is 58.8 Å². The second-order valence-electron chi connectivity index (χ2n) is 19.2. The normalized spacial score (nSPS) is 21.3. The summed E-state index contributed by atoms with van der Waals surface area (Å²) in [5, 5.41) is 43.8. The van der Waals surface area contributed by atoms with E-state index in [1.165, 1.54) is 13.8 Å². The molecule has 8 atom stereocenters. The van der Waals surface area contributed by atoms with Crippen LogP contribution in [-0.4, -0.2) is 149 Å². The molecule has 1 fully saturated rings. The van der Waals surface area contributed by atoms with Crippen LogP contribution in [0.25, 0.3) is 21.7 Å². The molecule has 10 amide bonds. The molecule has 81 heavy (non-hydrogen) atoms. The minimum absolute atomic E-state index is 0.0429. The Kier molecular flexibility index (Phi) is 24.4. The molecule has 0 radical (unpaired) electrons. The smallest absolute Gasteiger partial charge is 0.244 e. The molecule has 0 saturated carbocycles. The minimum atomic E-state index is -1.55. The number of carbonyl (C=O) groups excluding carboxylic acids is 10. The van der Waals surface area contributed by atoms with Crippen LogP contribution in [0.3, 0.4) is 0 Å². The van der Waals surface area contributed by atoms with E-state index in [0.29, 0.717) is 11.1 Å². The molecule has 1 saturated heterocycles. The number of para-hydroxylation sites is 1. The number of fused-ring (bicyclic) bond motifs is 2. The van der Waals surface area contributed by atoms with Crippen LogP contribution in [0.15, 0.2) is 72.9 Å². The lowest BCUT2D eigenvalue weighted by atomic mass is 9.99. The number of H-pyrrole nitrogens is 1. The van der Waals surface area contributed by atoms with E-state index in [2.05, 4.69) is 58.2 Å². The van der Waals surface area contributed by atoms with Crippen molar-refractivity contribution in [1.82, 2.24) is 58.2 Å². The van der Waals surface area contributed by atoms with Crippen molar-refractivity contribution in [2.45, 2.75) is 114 Å². The van der Waals surface area contributed by atoms with Crippen molar-refractivity contribution in [3.05, 3.63) is 84.1 Å². The number of hydrogen-bond acceptors (Lipinski definition) is 14. The Bertz CT molecular complexity index is 2960. The molecule has 1 aromatic heterocycles. The maximum Gasteiger partial charge on any atom is 0.244 e. The first-order valence-corrected chi connectivity index (χ1v) is 28.5. The molecule has 0 bridgehead atoms. The Morgan fingerprint density at radius 2 is 1.23 bits per heavy atom. The summed E-state index contributed by atoms with van der Waals surface area (Å²) in [5.41, 5.74) is 24.2. The highest BCUT2D eigenvalue weighted by Gasteiger charge is 2.35. The molecule has 0 unspecified atom stereocenters. The molecular weight excluding hydrogens is 1090 g/mol. The number of aromatic nitrogens is 1. The molecule has 436 valence electrons. The summed E-state index contributed by atoms with van der Waals surface area (Å²) in [5.74, 6) is -9.59. The van der Waals surface area contributed by atoms with E-state index >= 15 is 0 Å². The fourth-order valence-electron chi connectivity index (χ4n) is 8.59. The Balaban J connectivity index is 1.57. The molecule has 0 aliphatic carbocycles. The second-order valence-corrected chi connectivity index (χ2v) is 21.8. The van der Waals surface area contributed by atoms with Crippen molar-refractivity contribution in [3.63, 3.8) is 0 Å². The zero-order valence-electron chi connectivity index (χ0n) is 44.7. The van der Waals surface area contributed by atoms with Gasteiger partial charge in [-0.15, -0.1) is 0 Å². The molecule has 4 aromatic rings. The number of primary amides is 2. The van der Waals surface area contributed by atoms with E-state index in [9.17, 15) is 47.9 Å². The van der Waals surface area contributed by atoms with Crippen molar-refractivity contribution < 1.29 is 47.9 Å². The number of amides is 10. The van der Waals surface area contributed by atoms with Crippen molar-refractivity contribution in [2.75, 3.05) is 24.6 Å². The molecule has 0 spiro atoms. The fourth-order valence-corrected chi connectivity index (χ4v) is 10.9. The van der Waals surface area contributed by atoms with Gasteiger partial charge in [-0.05, 0) is 67.0 Å². The fraction of sp³-hybridized carbons (Fsp3) is 0.423. The number of carbonyl (C=O) groups is 10. The Morgan fingerprint density at radius 3 is 1.90 bits per heavy atom. The van der Waals surface area contributed by atoms with Crippen LogP contribution in [0, 0.1) is 10.8 Å². The van der Waals surface area contributed by atoms with Gasteiger partial charge in [0.2, 0.25) is 59.1 Å². The van der Waals surface area contributed by atoms with Crippen LogP contribution in [0.5, 0.6) is 0 Å². The molecular formula is C52H71N17O10S2. The van der Waals surface area contributed by atoms with Gasteiger partial charge in [0.1, 0.15) is 48.3 Å². The summed E-state index contributed by atoms with van der Waals surface area (Å²) < 4.78 is 0. The van der Waals surface area contributed by atoms with Gasteiger partial charge in [-0.1, -0.05) is 82.3 Å². The van der Waals surface area contributed by atoms with Gasteiger partial charge in [0.15, 0.2) is 11.9 Å². The third kappa shape index (κ3) is 20.5. The SMILES string of the molecule is CC(=O)N[C@@H](CCCNC(=N)N)C(=O)N[C@H]1CSSC[C@@H](C(N)=O)NC(=O)[C@H](Cc2c[nH]c3ccccc23)NC(=O)[C@H](CCCNC(=N)N)NC(=O)[C@@H](Cc2ccc3ccccc3c2)NC(=O)[C@H](CCC(N)=O)NC(=O)[C@@H](C)NC1=O. The predicted molar refractivity (Wildman–Crippen MR) is 307 cm³/mol. The maximum atomic E-state index is 14.8. The van der Waals surface area contributed by atoms with Crippen LogP contribution in [-0.2, 0) is 60.8 Å². The Labute approximate surface area is 474 Å². The second kappa shape index (κ2) is 31.3. The highest BCUT2D eigenvalue weighted by Crippen LogP contribution is 2.24. The van der Waals surface area contributed by atoms with Crippen molar-refractivity contribution in [1.29, 1.82) is 10.8 Å². The van der Waals surface area contributed by atoms with Gasteiger partial charge < -0.3 is 81.1 Å². The monoisotopic (exact) mass is 1160 g/mol. The van der Waals surface area contributed by atoms with Gasteiger partial charge in [0, 0.05) is 67.9 Å². The van der Waals surface area contributed by atoms with Crippen LogP contribution >= 0.6 is 21.6 Å². The van der Waals surface area contributed by atoms with E-state index in [1.54, 1.807) is 30.5 Å². The first-order chi connectivity index (χ1) is 38.6. The number of nitrogens with one attached hydrogen (secondary N) is 13. The largest absolute Gasteiger partial charge is 0.370 e. The molecule has 21 N–H and O–H groups in total. The zero-order valence-corrected chi connectivity index (χ0v) is 46.4. The number of rotatable bonds is 19. The molecule has 2 heterocycles. The average molecular weight is 1160 g/mol. The third-order valence-corrected chi connectivity index (χ3v) is 15.2. The summed E-state index contributed by atoms with van der Waals surface area (Å²) in [6.45, 7) is 2.75. The van der Waals surface area contributed by atoms with Gasteiger partial charge in [-0.2, -0.15) is 0 Å². The summed E-state index contributed by atoms with van der Waals surface area (Å²) in [7, 11) is 1.96. The number of benzene rings is 3. The molecule has 27 nitrogen and oxygen atoms in total. The van der Waals surface area contributed by atoms with Gasteiger partial charge in [0.05, 0.1) is 0 Å². The minimum Gasteiger partial charge on any atom is -0.370 e. The Hall–Kier alpha value is -8.60. The molecule has 5 rings (SSSR count). The van der Waals surface area contributed by atoms with E-state index in [1.807, 2.05) is 42.5 Å². The Morgan fingerprint density at radius 1 is 0.654 bits per heavy atom. The van der Waals surface area contributed by atoms with E-state index in [-0.39, 0.29) is 81.5 Å². The predicted octanol–water partition coefficient (Wildman–Crippen LogP) is -2.30. The summed E-state index contributed by atoms with van der Waals surface area (Å²) in [6.07, 6.45) is 0.923. The topological polar surface area (TPSA) is 459 Å². The molecule has 3 aromatic carbocycles. The summed E-state index contributed by atoms with van der Waals surface area (Å²) >= 11 is 0. The first-order valence-electron chi connectivity index (χ1n) is 26.0. The highest BCUT2D eigenvalue weighted by atomic mass is 33.1. The lowest BCUT2D eigenvalue weighted by molar-refractivity contribution is -0.135. The van der Waals surface area contributed by atoms with E-state index in [0.717, 1.165) is 43.3 Å². The third-order valence-electron chi connectivity index (χ3n) is 12.8. The van der Waals surface area contributed by atoms with Gasteiger partial charge in [-0.25, -0.2) is 0 Å². The van der Waals surface area contributed by atoms with Crippen LogP contribution in [0.2, 0.25) is 0 Å². The average Bonchev–Trinajstić information content (AvgIpc) is 3.87. The van der Waals surface area contributed by atoms with Crippen LogP contribution in [0.1, 0.15) is 63.5 Å².